The highest BCUT2D eigenvalue weighted by Gasteiger charge is 2.15. The van der Waals surface area contributed by atoms with Gasteiger partial charge in [0.15, 0.2) is 0 Å². The van der Waals surface area contributed by atoms with Gasteiger partial charge in [0.1, 0.15) is 5.75 Å². The fraction of sp³-hybridized carbons (Fsp3) is 0.455. The van der Waals surface area contributed by atoms with Crippen LogP contribution in [0.2, 0.25) is 0 Å². The van der Waals surface area contributed by atoms with Crippen LogP contribution in [0.4, 0.5) is 0 Å². The Bertz CT molecular complexity index is 338. The van der Waals surface area contributed by atoms with Crippen LogP contribution in [0, 0.1) is 0 Å². The largest absolute Gasteiger partial charge is 0.492 e. The highest BCUT2D eigenvalue weighted by Crippen LogP contribution is 2.34. The van der Waals surface area contributed by atoms with Crippen molar-refractivity contribution in [3.05, 3.63) is 27.7 Å². The summed E-state index contributed by atoms with van der Waals surface area (Å²) < 4.78 is 6.61. The van der Waals surface area contributed by atoms with Crippen LogP contribution in [0.5, 0.6) is 5.75 Å². The average molecular weight is 256 g/mol. The molecule has 1 N–H and O–H groups in total. The second-order valence-corrected chi connectivity index (χ2v) is 4.30. The molecule has 0 aliphatic carbocycles. The molecule has 0 amide bonds. The standard InChI is InChI=1S/C11H14BrNO/c1-2-13-7-8-5-9-3-4-14-11(9)10(12)6-8/h5-6,13H,2-4,7H2,1H3. The summed E-state index contributed by atoms with van der Waals surface area (Å²) in [6, 6.07) is 4.36. The summed E-state index contributed by atoms with van der Waals surface area (Å²) >= 11 is 3.54. The van der Waals surface area contributed by atoms with Crippen LogP contribution in [0.1, 0.15) is 18.1 Å². The van der Waals surface area contributed by atoms with Gasteiger partial charge in [-0.2, -0.15) is 0 Å². The van der Waals surface area contributed by atoms with Crippen LogP contribution in [0.3, 0.4) is 0 Å². The Labute approximate surface area is 92.8 Å². The van der Waals surface area contributed by atoms with E-state index in [9.17, 15) is 0 Å². The fourth-order valence-electron chi connectivity index (χ4n) is 1.69. The zero-order valence-corrected chi connectivity index (χ0v) is 9.86. The van der Waals surface area contributed by atoms with E-state index in [1.54, 1.807) is 0 Å². The normalized spacial score (nSPS) is 13.9. The SMILES string of the molecule is CCNCc1cc(Br)c2c(c1)CCO2. The number of hydrogen-bond acceptors (Lipinski definition) is 2. The van der Waals surface area contributed by atoms with Crippen molar-refractivity contribution in [2.45, 2.75) is 19.9 Å². The molecule has 3 heteroatoms. The minimum atomic E-state index is 0.818. The van der Waals surface area contributed by atoms with Crippen molar-refractivity contribution in [1.82, 2.24) is 5.32 Å². The third kappa shape index (κ3) is 1.93. The van der Waals surface area contributed by atoms with E-state index in [-0.39, 0.29) is 0 Å². The number of rotatable bonds is 3. The minimum absolute atomic E-state index is 0.818. The summed E-state index contributed by atoms with van der Waals surface area (Å²) in [5.74, 6) is 1.03. The molecule has 0 saturated heterocycles. The van der Waals surface area contributed by atoms with E-state index in [0.29, 0.717) is 0 Å². The zero-order valence-electron chi connectivity index (χ0n) is 8.27. The van der Waals surface area contributed by atoms with Crippen LogP contribution in [0.15, 0.2) is 16.6 Å². The Morgan fingerprint density at radius 3 is 3.14 bits per heavy atom. The summed E-state index contributed by atoms with van der Waals surface area (Å²) in [4.78, 5) is 0. The first kappa shape index (κ1) is 9.99. The minimum Gasteiger partial charge on any atom is -0.492 e. The van der Waals surface area contributed by atoms with E-state index >= 15 is 0 Å². The Morgan fingerprint density at radius 1 is 1.50 bits per heavy atom. The highest BCUT2D eigenvalue weighted by molar-refractivity contribution is 9.10. The quantitative estimate of drug-likeness (QED) is 0.897. The van der Waals surface area contributed by atoms with Crippen molar-refractivity contribution in [2.24, 2.45) is 0 Å². The lowest BCUT2D eigenvalue weighted by atomic mass is 10.1. The molecule has 0 saturated carbocycles. The van der Waals surface area contributed by atoms with Gasteiger partial charge in [-0.25, -0.2) is 0 Å². The summed E-state index contributed by atoms with van der Waals surface area (Å²) in [6.45, 7) is 4.87. The van der Waals surface area contributed by atoms with Crippen LogP contribution in [0.25, 0.3) is 0 Å². The summed E-state index contributed by atoms with van der Waals surface area (Å²) in [5, 5.41) is 3.32. The maximum Gasteiger partial charge on any atom is 0.136 e. The van der Waals surface area contributed by atoms with Crippen LogP contribution < -0.4 is 10.1 Å². The van der Waals surface area contributed by atoms with Gasteiger partial charge < -0.3 is 10.1 Å². The molecular formula is C11H14BrNO. The Hall–Kier alpha value is -0.540. The molecule has 1 aromatic rings. The molecule has 0 bridgehead atoms. The topological polar surface area (TPSA) is 21.3 Å². The lowest BCUT2D eigenvalue weighted by molar-refractivity contribution is 0.355. The first-order valence-electron chi connectivity index (χ1n) is 4.96. The van der Waals surface area contributed by atoms with Gasteiger partial charge >= 0.3 is 0 Å². The van der Waals surface area contributed by atoms with Crippen molar-refractivity contribution in [3.8, 4) is 5.75 Å². The van der Waals surface area contributed by atoms with E-state index in [4.69, 9.17) is 4.74 Å². The van der Waals surface area contributed by atoms with E-state index in [0.717, 1.165) is 36.3 Å². The predicted molar refractivity (Wildman–Crippen MR) is 60.7 cm³/mol. The van der Waals surface area contributed by atoms with E-state index in [1.807, 2.05) is 0 Å². The van der Waals surface area contributed by atoms with Crippen molar-refractivity contribution in [3.63, 3.8) is 0 Å². The molecule has 1 aliphatic heterocycles. The van der Waals surface area contributed by atoms with Crippen molar-refractivity contribution >= 4 is 15.9 Å². The van der Waals surface area contributed by atoms with Gasteiger partial charge in [-0.05, 0) is 39.7 Å². The maximum atomic E-state index is 5.52. The van der Waals surface area contributed by atoms with Gasteiger partial charge in [-0.15, -0.1) is 0 Å². The molecule has 0 fully saturated rings. The third-order valence-electron chi connectivity index (χ3n) is 2.38. The Morgan fingerprint density at radius 2 is 2.36 bits per heavy atom. The van der Waals surface area contributed by atoms with Gasteiger partial charge in [0.05, 0.1) is 11.1 Å². The van der Waals surface area contributed by atoms with Gasteiger partial charge in [-0.3, -0.25) is 0 Å². The third-order valence-corrected chi connectivity index (χ3v) is 2.97. The lowest BCUT2D eigenvalue weighted by Gasteiger charge is -2.07. The molecule has 76 valence electrons. The van der Waals surface area contributed by atoms with Crippen molar-refractivity contribution < 1.29 is 4.74 Å². The molecule has 14 heavy (non-hydrogen) atoms. The molecule has 0 unspecified atom stereocenters. The molecule has 0 aromatic heterocycles. The van der Waals surface area contributed by atoms with Gasteiger partial charge in [0.25, 0.3) is 0 Å². The predicted octanol–water partition coefficient (Wildman–Crippen LogP) is 2.49. The van der Waals surface area contributed by atoms with Crippen molar-refractivity contribution in [2.75, 3.05) is 13.2 Å². The Kier molecular flexibility index (Phi) is 3.08. The number of ether oxygens (including phenoxy) is 1. The number of hydrogen-bond donors (Lipinski definition) is 1. The summed E-state index contributed by atoms with van der Waals surface area (Å²) in [6.07, 6.45) is 1.04. The highest BCUT2D eigenvalue weighted by atomic mass is 79.9. The van der Waals surface area contributed by atoms with Gasteiger partial charge in [-0.1, -0.05) is 13.0 Å². The van der Waals surface area contributed by atoms with Crippen LogP contribution in [-0.4, -0.2) is 13.2 Å². The molecule has 1 heterocycles. The number of nitrogens with one attached hydrogen (secondary N) is 1. The average Bonchev–Trinajstić information content (AvgIpc) is 2.63. The Balaban J connectivity index is 2.23. The summed E-state index contributed by atoms with van der Waals surface area (Å²) in [5.41, 5.74) is 2.65. The molecule has 0 spiro atoms. The maximum absolute atomic E-state index is 5.52. The first-order valence-corrected chi connectivity index (χ1v) is 5.75. The fourth-order valence-corrected chi connectivity index (χ4v) is 2.36. The first-order chi connectivity index (χ1) is 6.81. The molecule has 2 rings (SSSR count). The molecule has 1 aromatic carbocycles. The molecular weight excluding hydrogens is 242 g/mol. The molecule has 1 aliphatic rings. The van der Waals surface area contributed by atoms with Gasteiger partial charge in [0.2, 0.25) is 0 Å². The van der Waals surface area contributed by atoms with E-state index in [1.165, 1.54) is 11.1 Å². The molecule has 0 radical (unpaired) electrons. The number of halogens is 1. The summed E-state index contributed by atoms with van der Waals surface area (Å²) in [7, 11) is 0. The monoisotopic (exact) mass is 255 g/mol. The number of fused-ring (bicyclic) bond motifs is 1. The second kappa shape index (κ2) is 4.32. The number of benzene rings is 1. The van der Waals surface area contributed by atoms with Crippen LogP contribution in [-0.2, 0) is 13.0 Å². The van der Waals surface area contributed by atoms with Crippen molar-refractivity contribution in [1.29, 1.82) is 0 Å². The lowest BCUT2D eigenvalue weighted by Crippen LogP contribution is -2.11. The van der Waals surface area contributed by atoms with E-state index in [2.05, 4.69) is 40.3 Å². The van der Waals surface area contributed by atoms with Crippen LogP contribution >= 0.6 is 15.9 Å². The molecule has 2 nitrogen and oxygen atoms in total. The zero-order chi connectivity index (χ0) is 9.97. The van der Waals surface area contributed by atoms with Gasteiger partial charge in [0, 0.05) is 13.0 Å². The smallest absolute Gasteiger partial charge is 0.136 e. The second-order valence-electron chi connectivity index (χ2n) is 3.44. The molecule has 0 atom stereocenters. The van der Waals surface area contributed by atoms with E-state index < -0.39 is 0 Å².